The van der Waals surface area contributed by atoms with Crippen LogP contribution in [0.2, 0.25) is 0 Å². The van der Waals surface area contributed by atoms with Crippen LogP contribution in [0.1, 0.15) is 38.1 Å². The number of hydrogen-bond donors (Lipinski definition) is 1. The molecule has 0 spiro atoms. The smallest absolute Gasteiger partial charge is 0.220 e. The Kier molecular flexibility index (Phi) is 3.17. The second-order valence-corrected chi connectivity index (χ2v) is 3.44. The topological polar surface area (TPSA) is 64.2 Å². The number of nitrogens with zero attached hydrogens (tertiary/aromatic N) is 3. The van der Waals surface area contributed by atoms with E-state index in [0.717, 1.165) is 17.1 Å². The van der Waals surface area contributed by atoms with Crippen LogP contribution in [0.3, 0.4) is 0 Å². The van der Waals surface area contributed by atoms with E-state index in [1.165, 1.54) is 0 Å². The summed E-state index contributed by atoms with van der Waals surface area (Å²) < 4.78 is 0. The Morgan fingerprint density at radius 1 is 1.36 bits per heavy atom. The third-order valence-electron chi connectivity index (χ3n) is 1.91. The third-order valence-corrected chi connectivity index (χ3v) is 1.91. The Morgan fingerprint density at radius 3 is 2.50 bits per heavy atom. The van der Waals surface area contributed by atoms with Crippen molar-refractivity contribution in [3.8, 4) is 0 Å². The number of aliphatic imine (C=N–C) groups is 1. The molecule has 0 saturated carbocycles. The van der Waals surface area contributed by atoms with Gasteiger partial charge >= 0.3 is 0 Å². The van der Waals surface area contributed by atoms with Gasteiger partial charge in [-0.15, -0.1) is 0 Å². The largest absolute Gasteiger partial charge is 0.368 e. The second kappa shape index (κ2) is 4.17. The van der Waals surface area contributed by atoms with Crippen molar-refractivity contribution < 1.29 is 0 Å². The van der Waals surface area contributed by atoms with Gasteiger partial charge in [0.2, 0.25) is 5.95 Å². The first-order chi connectivity index (χ1) is 6.56. The number of nitrogens with two attached hydrogens (primary N) is 1. The van der Waals surface area contributed by atoms with E-state index in [1.807, 2.05) is 13.8 Å². The van der Waals surface area contributed by atoms with Gasteiger partial charge in [-0.25, -0.2) is 9.97 Å². The van der Waals surface area contributed by atoms with Crippen molar-refractivity contribution in [2.45, 2.75) is 33.6 Å². The lowest BCUT2D eigenvalue weighted by Crippen LogP contribution is -2.03. The summed E-state index contributed by atoms with van der Waals surface area (Å²) in [5.41, 5.74) is 8.18. The Bertz CT molecular complexity index is 355. The third kappa shape index (κ3) is 2.07. The molecule has 0 amide bonds. The van der Waals surface area contributed by atoms with E-state index < -0.39 is 0 Å². The minimum atomic E-state index is 0.303. The highest BCUT2D eigenvalue weighted by Crippen LogP contribution is 2.27. The van der Waals surface area contributed by atoms with Crippen molar-refractivity contribution in [3.63, 3.8) is 0 Å². The first-order valence-corrected chi connectivity index (χ1v) is 4.69. The number of aromatic nitrogens is 2. The van der Waals surface area contributed by atoms with Crippen molar-refractivity contribution >= 4 is 17.9 Å². The van der Waals surface area contributed by atoms with Crippen LogP contribution in [0.25, 0.3) is 0 Å². The molecule has 1 aromatic heterocycles. The molecular weight excluding hydrogens is 176 g/mol. The summed E-state index contributed by atoms with van der Waals surface area (Å²) in [7, 11) is 0. The summed E-state index contributed by atoms with van der Waals surface area (Å²) in [6.07, 6.45) is 1.74. The Hall–Kier alpha value is -1.45. The van der Waals surface area contributed by atoms with E-state index in [-0.39, 0.29) is 0 Å². The van der Waals surface area contributed by atoms with Crippen LogP contribution in [0.5, 0.6) is 0 Å². The minimum absolute atomic E-state index is 0.303. The lowest BCUT2D eigenvalue weighted by Gasteiger charge is -2.10. The fourth-order valence-electron chi connectivity index (χ4n) is 1.30. The maximum atomic E-state index is 5.59. The van der Waals surface area contributed by atoms with Gasteiger partial charge in [0.05, 0.1) is 11.4 Å². The molecular formula is C10H16N4. The summed E-state index contributed by atoms with van der Waals surface area (Å²) in [5.74, 6) is 0.624. The molecule has 0 aliphatic rings. The lowest BCUT2D eigenvalue weighted by atomic mass is 10.1. The SMILES string of the molecule is CC=Nc1c(C)nc(N)nc1C(C)C. The minimum Gasteiger partial charge on any atom is -0.368 e. The van der Waals surface area contributed by atoms with Crippen molar-refractivity contribution in [2.75, 3.05) is 5.73 Å². The van der Waals surface area contributed by atoms with Gasteiger partial charge in [-0.2, -0.15) is 0 Å². The molecule has 76 valence electrons. The number of aryl methyl sites for hydroxylation is 1. The lowest BCUT2D eigenvalue weighted by molar-refractivity contribution is 0.814. The maximum Gasteiger partial charge on any atom is 0.220 e. The van der Waals surface area contributed by atoms with Crippen molar-refractivity contribution in [3.05, 3.63) is 11.4 Å². The summed E-state index contributed by atoms with van der Waals surface area (Å²) in [6.45, 7) is 7.90. The summed E-state index contributed by atoms with van der Waals surface area (Å²) in [5, 5.41) is 0. The van der Waals surface area contributed by atoms with E-state index in [9.17, 15) is 0 Å². The van der Waals surface area contributed by atoms with E-state index in [1.54, 1.807) is 6.21 Å². The highest BCUT2D eigenvalue weighted by atomic mass is 15.0. The van der Waals surface area contributed by atoms with E-state index in [2.05, 4.69) is 28.8 Å². The molecule has 0 aliphatic carbocycles. The fourth-order valence-corrected chi connectivity index (χ4v) is 1.30. The molecule has 0 saturated heterocycles. The molecule has 4 heteroatoms. The normalized spacial score (nSPS) is 11.5. The Balaban J connectivity index is 3.36. The van der Waals surface area contributed by atoms with E-state index in [0.29, 0.717) is 11.9 Å². The van der Waals surface area contributed by atoms with Gasteiger partial charge in [-0.1, -0.05) is 13.8 Å². The monoisotopic (exact) mass is 192 g/mol. The molecule has 0 radical (unpaired) electrons. The zero-order valence-electron chi connectivity index (χ0n) is 9.07. The van der Waals surface area contributed by atoms with Crippen LogP contribution in [0.4, 0.5) is 11.6 Å². The second-order valence-electron chi connectivity index (χ2n) is 3.44. The van der Waals surface area contributed by atoms with Crippen LogP contribution in [-0.4, -0.2) is 16.2 Å². The highest BCUT2D eigenvalue weighted by Gasteiger charge is 2.12. The summed E-state index contributed by atoms with van der Waals surface area (Å²) >= 11 is 0. The number of rotatable bonds is 2. The molecule has 0 fully saturated rings. The van der Waals surface area contributed by atoms with Crippen molar-refractivity contribution in [2.24, 2.45) is 4.99 Å². The van der Waals surface area contributed by atoms with E-state index >= 15 is 0 Å². The quantitative estimate of drug-likeness (QED) is 0.730. The van der Waals surface area contributed by atoms with Crippen molar-refractivity contribution in [1.29, 1.82) is 0 Å². The molecule has 1 heterocycles. The van der Waals surface area contributed by atoms with Crippen LogP contribution in [0, 0.1) is 6.92 Å². The Labute approximate surface area is 84.3 Å². The first kappa shape index (κ1) is 10.6. The van der Waals surface area contributed by atoms with Crippen LogP contribution >= 0.6 is 0 Å². The molecule has 14 heavy (non-hydrogen) atoms. The molecule has 1 rings (SSSR count). The van der Waals surface area contributed by atoms with Gasteiger partial charge in [-0.05, 0) is 19.8 Å². The molecule has 0 unspecified atom stereocenters. The average Bonchev–Trinajstić information content (AvgIpc) is 2.09. The number of anilines is 1. The van der Waals surface area contributed by atoms with Gasteiger partial charge in [-0.3, -0.25) is 4.99 Å². The molecule has 4 nitrogen and oxygen atoms in total. The molecule has 0 aliphatic heterocycles. The molecule has 0 atom stereocenters. The number of hydrogen-bond acceptors (Lipinski definition) is 4. The zero-order chi connectivity index (χ0) is 10.7. The Morgan fingerprint density at radius 2 is 2.00 bits per heavy atom. The molecule has 0 bridgehead atoms. The van der Waals surface area contributed by atoms with Gasteiger partial charge in [0.25, 0.3) is 0 Å². The predicted octanol–water partition coefficient (Wildman–Crippen LogP) is 2.21. The van der Waals surface area contributed by atoms with Crippen LogP contribution in [-0.2, 0) is 0 Å². The zero-order valence-corrected chi connectivity index (χ0v) is 9.07. The van der Waals surface area contributed by atoms with Crippen LogP contribution in [0.15, 0.2) is 4.99 Å². The summed E-state index contributed by atoms with van der Waals surface area (Å²) in [4.78, 5) is 12.6. The highest BCUT2D eigenvalue weighted by molar-refractivity contribution is 5.63. The van der Waals surface area contributed by atoms with E-state index in [4.69, 9.17) is 5.73 Å². The van der Waals surface area contributed by atoms with Gasteiger partial charge in [0.15, 0.2) is 0 Å². The standard InChI is InChI=1S/C10H16N4/c1-5-12-9-7(4)13-10(11)14-8(9)6(2)3/h5-6H,1-4H3,(H2,11,13,14). The molecule has 1 aromatic rings. The molecule has 2 N–H and O–H groups in total. The van der Waals surface area contributed by atoms with Crippen molar-refractivity contribution in [1.82, 2.24) is 9.97 Å². The molecule has 0 aromatic carbocycles. The van der Waals surface area contributed by atoms with Gasteiger partial charge in [0.1, 0.15) is 5.69 Å². The fraction of sp³-hybridized carbons (Fsp3) is 0.500. The van der Waals surface area contributed by atoms with Crippen LogP contribution < -0.4 is 5.73 Å². The number of nitrogen functional groups attached to an aromatic ring is 1. The predicted molar refractivity (Wildman–Crippen MR) is 59.1 cm³/mol. The first-order valence-electron chi connectivity index (χ1n) is 4.69. The summed E-state index contributed by atoms with van der Waals surface area (Å²) in [6, 6.07) is 0. The van der Waals surface area contributed by atoms with Gasteiger partial charge < -0.3 is 5.73 Å². The van der Waals surface area contributed by atoms with Gasteiger partial charge in [0, 0.05) is 6.21 Å². The maximum absolute atomic E-state index is 5.59. The average molecular weight is 192 g/mol.